The predicted octanol–water partition coefficient (Wildman–Crippen LogP) is 3.01. The van der Waals surface area contributed by atoms with Crippen molar-refractivity contribution in [1.82, 2.24) is 4.72 Å². The van der Waals surface area contributed by atoms with Gasteiger partial charge in [0.15, 0.2) is 0 Å². The maximum absolute atomic E-state index is 12.5. The number of rotatable bonds is 6. The van der Waals surface area contributed by atoms with Crippen LogP contribution < -0.4 is 10.5 Å². The Bertz CT molecular complexity index is 534. The Morgan fingerprint density at radius 2 is 1.84 bits per heavy atom. The van der Waals surface area contributed by atoms with Crippen molar-refractivity contribution in [1.29, 1.82) is 0 Å². The highest BCUT2D eigenvalue weighted by Crippen LogP contribution is 2.27. The van der Waals surface area contributed by atoms with E-state index in [1.54, 1.807) is 18.2 Å². The van der Waals surface area contributed by atoms with Crippen molar-refractivity contribution < 1.29 is 8.42 Å². The lowest BCUT2D eigenvalue weighted by Crippen LogP contribution is -2.52. The molecule has 19 heavy (non-hydrogen) atoms. The van der Waals surface area contributed by atoms with E-state index in [-0.39, 0.29) is 11.4 Å². The van der Waals surface area contributed by atoms with Gasteiger partial charge in [-0.15, -0.1) is 0 Å². The Balaban J connectivity index is 3.21. The lowest BCUT2D eigenvalue weighted by molar-refractivity contribution is 0.363. The summed E-state index contributed by atoms with van der Waals surface area (Å²) in [6.07, 6.45) is 1.29. The Hall–Kier alpha value is 0.0500. The minimum Gasteiger partial charge on any atom is -0.329 e. The molecular formula is C12H18Br2N2O2S. The van der Waals surface area contributed by atoms with Gasteiger partial charge in [-0.1, -0.05) is 29.8 Å². The van der Waals surface area contributed by atoms with Gasteiger partial charge in [-0.05, 0) is 47.0 Å². The average Bonchev–Trinajstić information content (AvgIpc) is 2.39. The lowest BCUT2D eigenvalue weighted by Gasteiger charge is -2.31. The van der Waals surface area contributed by atoms with Crippen LogP contribution in [0, 0.1) is 0 Å². The highest BCUT2D eigenvalue weighted by molar-refractivity contribution is 9.11. The first kappa shape index (κ1) is 17.1. The molecule has 0 aromatic heterocycles. The third kappa shape index (κ3) is 4.01. The molecule has 0 bridgehead atoms. The van der Waals surface area contributed by atoms with Crippen LogP contribution in [-0.4, -0.2) is 20.5 Å². The van der Waals surface area contributed by atoms with Gasteiger partial charge in [0.25, 0.3) is 0 Å². The molecule has 0 aliphatic carbocycles. The zero-order valence-corrected chi connectivity index (χ0v) is 14.9. The van der Waals surface area contributed by atoms with Crippen LogP contribution >= 0.6 is 31.9 Å². The molecule has 0 radical (unpaired) electrons. The van der Waals surface area contributed by atoms with Crippen LogP contribution in [0.3, 0.4) is 0 Å². The summed E-state index contributed by atoms with van der Waals surface area (Å²) in [5.41, 5.74) is 5.14. The van der Waals surface area contributed by atoms with Crippen molar-refractivity contribution in [2.75, 3.05) is 6.54 Å². The molecule has 4 nitrogen and oxygen atoms in total. The zero-order valence-electron chi connectivity index (χ0n) is 10.9. The first-order valence-corrected chi connectivity index (χ1v) is 9.06. The molecule has 3 N–H and O–H groups in total. The molecule has 1 aromatic rings. The van der Waals surface area contributed by atoms with Crippen molar-refractivity contribution >= 4 is 41.9 Å². The topological polar surface area (TPSA) is 72.2 Å². The van der Waals surface area contributed by atoms with Gasteiger partial charge in [-0.25, -0.2) is 13.1 Å². The monoisotopic (exact) mass is 412 g/mol. The number of nitrogens with one attached hydrogen (secondary N) is 1. The van der Waals surface area contributed by atoms with Crippen LogP contribution in [0.25, 0.3) is 0 Å². The number of hydrogen-bond acceptors (Lipinski definition) is 3. The molecule has 0 fully saturated rings. The summed E-state index contributed by atoms with van der Waals surface area (Å²) in [6.45, 7) is 4.12. The van der Waals surface area contributed by atoms with Crippen LogP contribution in [0.15, 0.2) is 32.0 Å². The molecular weight excluding hydrogens is 396 g/mol. The normalized spacial score (nSPS) is 12.7. The molecule has 0 aliphatic heterocycles. The van der Waals surface area contributed by atoms with Gasteiger partial charge in [0.1, 0.15) is 0 Å². The molecule has 0 amide bonds. The summed E-state index contributed by atoms with van der Waals surface area (Å²) >= 11 is 6.55. The van der Waals surface area contributed by atoms with E-state index in [4.69, 9.17) is 5.73 Å². The van der Waals surface area contributed by atoms with E-state index in [2.05, 4.69) is 36.6 Å². The fourth-order valence-corrected chi connectivity index (χ4v) is 4.81. The minimum absolute atomic E-state index is 0.210. The second kappa shape index (κ2) is 6.67. The summed E-state index contributed by atoms with van der Waals surface area (Å²) in [5, 5.41) is 0. The number of sulfonamides is 1. The van der Waals surface area contributed by atoms with Crippen molar-refractivity contribution in [2.45, 2.75) is 37.1 Å². The van der Waals surface area contributed by atoms with E-state index >= 15 is 0 Å². The van der Waals surface area contributed by atoms with E-state index in [0.717, 1.165) is 0 Å². The fourth-order valence-electron chi connectivity index (χ4n) is 1.75. The zero-order chi connectivity index (χ0) is 14.7. The third-order valence-electron chi connectivity index (χ3n) is 3.28. The van der Waals surface area contributed by atoms with Crippen LogP contribution in [0.2, 0.25) is 0 Å². The standard InChI is InChI=1S/C12H18Br2N2O2S/c1-3-12(4-2,8-15)16-19(17,18)11-7-9(13)5-6-10(11)14/h5-7,16H,3-4,8,15H2,1-2H3. The molecule has 0 atom stereocenters. The molecule has 0 saturated heterocycles. The Morgan fingerprint density at radius 3 is 2.32 bits per heavy atom. The van der Waals surface area contributed by atoms with E-state index in [1.807, 2.05) is 13.8 Å². The van der Waals surface area contributed by atoms with Crippen molar-refractivity contribution in [3.05, 3.63) is 27.1 Å². The maximum Gasteiger partial charge on any atom is 0.242 e. The summed E-state index contributed by atoms with van der Waals surface area (Å²) in [5.74, 6) is 0. The van der Waals surface area contributed by atoms with Gasteiger partial charge < -0.3 is 5.73 Å². The second-order valence-corrected chi connectivity index (χ2v) is 7.79. The molecule has 0 saturated carbocycles. The number of benzene rings is 1. The Kier molecular flexibility index (Phi) is 6.00. The second-order valence-electron chi connectivity index (χ2n) is 4.37. The van der Waals surface area contributed by atoms with E-state index in [9.17, 15) is 8.42 Å². The number of hydrogen-bond donors (Lipinski definition) is 2. The lowest BCUT2D eigenvalue weighted by atomic mass is 9.95. The van der Waals surface area contributed by atoms with Gasteiger partial charge in [-0.3, -0.25) is 0 Å². The van der Waals surface area contributed by atoms with Crippen LogP contribution in [-0.2, 0) is 10.0 Å². The molecule has 0 heterocycles. The van der Waals surface area contributed by atoms with Crippen molar-refractivity contribution in [3.63, 3.8) is 0 Å². The van der Waals surface area contributed by atoms with Gasteiger partial charge in [-0.2, -0.15) is 0 Å². The van der Waals surface area contributed by atoms with Crippen molar-refractivity contribution in [3.8, 4) is 0 Å². The highest BCUT2D eigenvalue weighted by Gasteiger charge is 2.31. The summed E-state index contributed by atoms with van der Waals surface area (Å²) in [4.78, 5) is 0.210. The molecule has 0 spiro atoms. The van der Waals surface area contributed by atoms with Crippen LogP contribution in [0.4, 0.5) is 0 Å². The molecule has 7 heteroatoms. The molecule has 0 unspecified atom stereocenters. The van der Waals surface area contributed by atoms with Crippen molar-refractivity contribution in [2.24, 2.45) is 5.73 Å². The quantitative estimate of drug-likeness (QED) is 0.752. The summed E-state index contributed by atoms with van der Waals surface area (Å²) < 4.78 is 28.9. The summed E-state index contributed by atoms with van der Waals surface area (Å²) in [7, 11) is -3.61. The molecule has 0 aliphatic rings. The average molecular weight is 414 g/mol. The highest BCUT2D eigenvalue weighted by atomic mass is 79.9. The molecule has 1 aromatic carbocycles. The number of nitrogens with two attached hydrogens (primary N) is 1. The van der Waals surface area contributed by atoms with Crippen LogP contribution in [0.1, 0.15) is 26.7 Å². The number of halogens is 2. The van der Waals surface area contributed by atoms with E-state index in [1.165, 1.54) is 0 Å². The van der Waals surface area contributed by atoms with Gasteiger partial charge in [0, 0.05) is 21.0 Å². The predicted molar refractivity (Wildman–Crippen MR) is 84.5 cm³/mol. The molecule has 108 valence electrons. The Morgan fingerprint density at radius 1 is 1.26 bits per heavy atom. The first-order valence-electron chi connectivity index (χ1n) is 5.99. The minimum atomic E-state index is -3.61. The maximum atomic E-state index is 12.5. The smallest absolute Gasteiger partial charge is 0.242 e. The fraction of sp³-hybridized carbons (Fsp3) is 0.500. The Labute approximate surface area is 131 Å². The van der Waals surface area contributed by atoms with E-state index < -0.39 is 15.6 Å². The largest absolute Gasteiger partial charge is 0.329 e. The van der Waals surface area contributed by atoms with Gasteiger partial charge >= 0.3 is 0 Å². The molecule has 1 rings (SSSR count). The van der Waals surface area contributed by atoms with E-state index in [0.29, 0.717) is 21.8 Å². The SMILES string of the molecule is CCC(CC)(CN)NS(=O)(=O)c1cc(Br)ccc1Br. The van der Waals surface area contributed by atoms with Crippen LogP contribution in [0.5, 0.6) is 0 Å². The third-order valence-corrected chi connectivity index (χ3v) is 6.34. The van der Waals surface area contributed by atoms with Gasteiger partial charge in [0.05, 0.1) is 4.90 Å². The van der Waals surface area contributed by atoms with Gasteiger partial charge in [0.2, 0.25) is 10.0 Å². The summed E-state index contributed by atoms with van der Waals surface area (Å²) in [6, 6.07) is 5.04. The first-order chi connectivity index (χ1) is 8.80.